The van der Waals surface area contributed by atoms with Gasteiger partial charge in [-0.15, -0.1) is 0 Å². The molecule has 20 heavy (non-hydrogen) atoms. The summed E-state index contributed by atoms with van der Waals surface area (Å²) in [4.78, 5) is 11.4. The van der Waals surface area contributed by atoms with E-state index < -0.39 is 0 Å². The summed E-state index contributed by atoms with van der Waals surface area (Å²) < 4.78 is 18.0. The van der Waals surface area contributed by atoms with Crippen molar-refractivity contribution in [3.8, 4) is 5.75 Å². The number of urea groups is 1. The lowest BCUT2D eigenvalue weighted by Gasteiger charge is -2.13. The molecule has 0 aliphatic carbocycles. The quantitative estimate of drug-likeness (QED) is 0.636. The van der Waals surface area contributed by atoms with Crippen LogP contribution in [-0.2, 0) is 0 Å². The van der Waals surface area contributed by atoms with Gasteiger partial charge in [0.25, 0.3) is 0 Å². The van der Waals surface area contributed by atoms with Gasteiger partial charge in [-0.1, -0.05) is 0 Å². The molecular formula is C14H21FN2O3. The predicted molar refractivity (Wildman–Crippen MR) is 74.2 cm³/mol. The van der Waals surface area contributed by atoms with Crippen LogP contribution in [-0.4, -0.2) is 36.9 Å². The van der Waals surface area contributed by atoms with Crippen molar-refractivity contribution in [3.63, 3.8) is 0 Å². The third kappa shape index (κ3) is 6.94. The third-order valence-corrected chi connectivity index (χ3v) is 2.63. The number of carbonyl (C=O) groups excluding carboxylic acids is 1. The zero-order valence-electron chi connectivity index (χ0n) is 11.6. The fraction of sp³-hybridized carbons (Fsp3) is 0.500. The predicted octanol–water partition coefficient (Wildman–Crippen LogP) is 1.66. The topological polar surface area (TPSA) is 70.6 Å². The molecular weight excluding hydrogens is 263 g/mol. The lowest BCUT2D eigenvalue weighted by atomic mass is 10.2. The number of ether oxygens (including phenoxy) is 1. The van der Waals surface area contributed by atoms with Crippen molar-refractivity contribution >= 4 is 6.03 Å². The summed E-state index contributed by atoms with van der Waals surface area (Å²) in [5.74, 6) is 0.306. The molecule has 1 rings (SSSR count). The highest BCUT2D eigenvalue weighted by molar-refractivity contribution is 5.74. The Morgan fingerprint density at radius 1 is 1.40 bits per heavy atom. The molecule has 0 unspecified atom stereocenters. The summed E-state index contributed by atoms with van der Waals surface area (Å²) in [7, 11) is 0. The Kier molecular flexibility index (Phi) is 7.42. The van der Waals surface area contributed by atoms with Gasteiger partial charge >= 0.3 is 6.03 Å². The Hall–Kier alpha value is -1.82. The van der Waals surface area contributed by atoms with E-state index in [1.165, 1.54) is 12.1 Å². The maximum absolute atomic E-state index is 12.7. The Morgan fingerprint density at radius 3 is 2.75 bits per heavy atom. The van der Waals surface area contributed by atoms with Gasteiger partial charge in [-0.2, -0.15) is 0 Å². The first kappa shape index (κ1) is 16.2. The van der Waals surface area contributed by atoms with Gasteiger partial charge in [0.2, 0.25) is 0 Å². The van der Waals surface area contributed by atoms with E-state index in [2.05, 4.69) is 10.6 Å². The molecule has 0 fully saturated rings. The van der Waals surface area contributed by atoms with Gasteiger partial charge in [-0.3, -0.25) is 0 Å². The number of aliphatic hydroxyl groups excluding tert-OH is 1. The number of hydrogen-bond donors (Lipinski definition) is 3. The van der Waals surface area contributed by atoms with Crippen LogP contribution >= 0.6 is 0 Å². The van der Waals surface area contributed by atoms with Crippen molar-refractivity contribution in [2.45, 2.75) is 25.8 Å². The fourth-order valence-electron chi connectivity index (χ4n) is 1.54. The van der Waals surface area contributed by atoms with Crippen LogP contribution in [0, 0.1) is 5.82 Å². The largest absolute Gasteiger partial charge is 0.494 e. The Morgan fingerprint density at radius 2 is 2.10 bits per heavy atom. The second-order valence-corrected chi connectivity index (χ2v) is 4.47. The maximum atomic E-state index is 12.7. The average molecular weight is 284 g/mol. The Labute approximate surface area is 118 Å². The molecule has 0 spiro atoms. The van der Waals surface area contributed by atoms with Crippen molar-refractivity contribution < 1.29 is 19.0 Å². The summed E-state index contributed by atoms with van der Waals surface area (Å²) in [6.07, 6.45) is 1.18. The minimum Gasteiger partial charge on any atom is -0.494 e. The molecule has 0 aliphatic heterocycles. The molecule has 0 aliphatic rings. The van der Waals surface area contributed by atoms with Crippen molar-refractivity contribution in [1.29, 1.82) is 0 Å². The number of rotatable bonds is 8. The van der Waals surface area contributed by atoms with Gasteiger partial charge in [0, 0.05) is 19.2 Å². The molecule has 1 aromatic rings. The van der Waals surface area contributed by atoms with Gasteiger partial charge in [-0.05, 0) is 44.0 Å². The van der Waals surface area contributed by atoms with Crippen molar-refractivity contribution in [1.82, 2.24) is 10.6 Å². The van der Waals surface area contributed by atoms with Crippen molar-refractivity contribution in [3.05, 3.63) is 30.1 Å². The smallest absolute Gasteiger partial charge is 0.314 e. The van der Waals surface area contributed by atoms with Crippen LogP contribution in [0.5, 0.6) is 5.75 Å². The number of carbonyl (C=O) groups is 1. The summed E-state index contributed by atoms with van der Waals surface area (Å²) in [5.41, 5.74) is 0. The van der Waals surface area contributed by atoms with Crippen molar-refractivity contribution in [2.75, 3.05) is 19.8 Å². The first-order chi connectivity index (χ1) is 9.61. The molecule has 0 heterocycles. The van der Waals surface area contributed by atoms with Crippen molar-refractivity contribution in [2.24, 2.45) is 0 Å². The summed E-state index contributed by atoms with van der Waals surface area (Å²) in [6.45, 7) is 2.80. The zero-order valence-corrected chi connectivity index (χ0v) is 11.6. The molecule has 1 aromatic carbocycles. The van der Waals surface area contributed by atoms with Gasteiger partial charge in [-0.25, -0.2) is 9.18 Å². The van der Waals surface area contributed by atoms with E-state index in [4.69, 9.17) is 9.84 Å². The van der Waals surface area contributed by atoms with E-state index in [-0.39, 0.29) is 24.5 Å². The summed E-state index contributed by atoms with van der Waals surface area (Å²) in [5, 5.41) is 14.1. The van der Waals surface area contributed by atoms with E-state index >= 15 is 0 Å². The van der Waals surface area contributed by atoms with Crippen LogP contribution in [0.4, 0.5) is 9.18 Å². The lowest BCUT2D eigenvalue weighted by Crippen LogP contribution is -2.41. The third-order valence-electron chi connectivity index (χ3n) is 2.63. The second-order valence-electron chi connectivity index (χ2n) is 4.47. The van der Waals surface area contributed by atoms with Gasteiger partial charge in [0.1, 0.15) is 11.6 Å². The maximum Gasteiger partial charge on any atom is 0.314 e. The first-order valence-electron chi connectivity index (χ1n) is 6.65. The van der Waals surface area contributed by atoms with Crippen LogP contribution in [0.1, 0.15) is 19.8 Å². The standard InChI is InChI=1S/C14H21FN2O3/c1-11(7-9-18)17-14(19)16-8-2-10-20-13-5-3-12(15)4-6-13/h3-6,11,18H,2,7-10H2,1H3,(H2,16,17,19)/t11-/m1/s1. The number of benzene rings is 1. The normalized spacial score (nSPS) is 11.8. The molecule has 0 saturated heterocycles. The van der Waals surface area contributed by atoms with E-state index in [1.807, 2.05) is 6.92 Å². The van der Waals surface area contributed by atoms with Crippen LogP contribution in [0.3, 0.4) is 0 Å². The highest BCUT2D eigenvalue weighted by Crippen LogP contribution is 2.10. The van der Waals surface area contributed by atoms with Crippen LogP contribution in [0.25, 0.3) is 0 Å². The van der Waals surface area contributed by atoms with Crippen LogP contribution < -0.4 is 15.4 Å². The minimum atomic E-state index is -0.298. The highest BCUT2D eigenvalue weighted by atomic mass is 19.1. The van der Waals surface area contributed by atoms with Gasteiger partial charge < -0.3 is 20.5 Å². The molecule has 112 valence electrons. The zero-order chi connectivity index (χ0) is 14.8. The Balaban J connectivity index is 2.07. The molecule has 0 bridgehead atoms. The molecule has 3 N–H and O–H groups in total. The molecule has 0 aromatic heterocycles. The number of amides is 2. The van der Waals surface area contributed by atoms with Crippen LogP contribution in [0.2, 0.25) is 0 Å². The second kappa shape index (κ2) is 9.14. The summed E-state index contributed by atoms with van der Waals surface area (Å²) in [6, 6.07) is 5.48. The van der Waals surface area contributed by atoms with Gasteiger partial charge in [0.15, 0.2) is 0 Å². The fourth-order valence-corrected chi connectivity index (χ4v) is 1.54. The number of halogens is 1. The van der Waals surface area contributed by atoms with Gasteiger partial charge in [0.05, 0.1) is 6.61 Å². The average Bonchev–Trinajstić information content (AvgIpc) is 2.40. The first-order valence-corrected chi connectivity index (χ1v) is 6.65. The SMILES string of the molecule is C[C@H](CCO)NC(=O)NCCCOc1ccc(F)cc1. The molecule has 5 nitrogen and oxygen atoms in total. The highest BCUT2D eigenvalue weighted by Gasteiger charge is 2.05. The van der Waals surface area contributed by atoms with E-state index in [9.17, 15) is 9.18 Å². The van der Waals surface area contributed by atoms with Crippen LogP contribution in [0.15, 0.2) is 24.3 Å². The monoisotopic (exact) mass is 284 g/mol. The number of hydrogen-bond acceptors (Lipinski definition) is 3. The van der Waals surface area contributed by atoms with E-state index in [0.29, 0.717) is 31.7 Å². The molecule has 1 atom stereocenters. The van der Waals surface area contributed by atoms with E-state index in [1.54, 1.807) is 12.1 Å². The molecule has 2 amide bonds. The van der Waals surface area contributed by atoms with E-state index in [0.717, 1.165) is 0 Å². The molecule has 0 saturated carbocycles. The Bertz CT molecular complexity index is 398. The molecule has 0 radical (unpaired) electrons. The molecule has 6 heteroatoms. The lowest BCUT2D eigenvalue weighted by molar-refractivity contribution is 0.229. The minimum absolute atomic E-state index is 0.0486. The number of nitrogens with one attached hydrogen (secondary N) is 2. The summed E-state index contributed by atoms with van der Waals surface area (Å²) >= 11 is 0. The number of aliphatic hydroxyl groups is 1.